The van der Waals surface area contributed by atoms with Crippen molar-refractivity contribution in [2.75, 3.05) is 8.84 Å². The molecule has 6 nitrogen and oxygen atoms in total. The lowest BCUT2D eigenvalue weighted by atomic mass is 10.2. The quantitative estimate of drug-likeness (QED) is 0.355. The molecule has 22 heavy (non-hydrogen) atoms. The van der Waals surface area contributed by atoms with Gasteiger partial charge in [0, 0.05) is 29.6 Å². The van der Waals surface area contributed by atoms with Gasteiger partial charge in [0.05, 0.1) is 10.6 Å². The Morgan fingerprint density at radius 1 is 1.23 bits per heavy atom. The highest BCUT2D eigenvalue weighted by molar-refractivity contribution is 7.81. The molecule has 0 aliphatic heterocycles. The van der Waals surface area contributed by atoms with E-state index < -0.39 is 4.92 Å². The molecule has 0 spiro atoms. The first-order chi connectivity index (χ1) is 10.4. The van der Waals surface area contributed by atoms with E-state index in [0.717, 1.165) is 16.2 Å². The van der Waals surface area contributed by atoms with E-state index in [4.69, 9.17) is 35.8 Å². The number of thiocarbonyl (C=S) groups is 1. The number of rotatable bonds is 3. The maximum atomic E-state index is 10.6. The largest absolute Gasteiger partial charge is 0.287 e. The predicted octanol–water partition coefficient (Wildman–Crippen LogP) is 4.20. The van der Waals surface area contributed by atoms with Crippen molar-refractivity contribution in [1.29, 1.82) is 0 Å². The van der Waals surface area contributed by atoms with Gasteiger partial charge in [0.1, 0.15) is 6.20 Å². The molecule has 0 N–H and O–H groups in total. The molecule has 9 heteroatoms. The average Bonchev–Trinajstić information content (AvgIpc) is 2.53. The van der Waals surface area contributed by atoms with Gasteiger partial charge in [-0.3, -0.25) is 10.1 Å². The molecule has 2 aromatic rings. The summed E-state index contributed by atoms with van der Waals surface area (Å²) in [7, 11) is 0. The van der Waals surface area contributed by atoms with Crippen molar-refractivity contribution in [2.45, 2.75) is 6.92 Å². The topological polar surface area (TPSA) is 62.5 Å². The molecule has 0 fully saturated rings. The van der Waals surface area contributed by atoms with Crippen LogP contribution in [0.4, 0.5) is 17.2 Å². The van der Waals surface area contributed by atoms with Gasteiger partial charge in [-0.1, -0.05) is 18.2 Å². The van der Waals surface area contributed by atoms with E-state index in [1.54, 1.807) is 6.07 Å². The van der Waals surface area contributed by atoms with E-state index in [0.29, 0.717) is 5.69 Å². The molecule has 0 radical (unpaired) electrons. The van der Waals surface area contributed by atoms with Gasteiger partial charge >= 0.3 is 0 Å². The Hall–Kier alpha value is -1.96. The Labute approximate surface area is 142 Å². The van der Waals surface area contributed by atoms with Crippen molar-refractivity contribution in [3.63, 3.8) is 0 Å². The Kier molecular flexibility index (Phi) is 5.12. The Balaban J connectivity index is 2.21. The van der Waals surface area contributed by atoms with Gasteiger partial charge in [-0.15, -0.1) is 0 Å². The molecule has 0 bridgehead atoms. The maximum Gasteiger partial charge on any atom is 0.287 e. The van der Waals surface area contributed by atoms with Gasteiger partial charge in [-0.05, 0) is 36.8 Å². The van der Waals surface area contributed by atoms with Crippen molar-refractivity contribution in [3.05, 3.63) is 58.3 Å². The van der Waals surface area contributed by atoms with E-state index in [1.807, 2.05) is 25.1 Å². The van der Waals surface area contributed by atoms with Crippen LogP contribution in [0, 0.1) is 17.0 Å². The van der Waals surface area contributed by atoms with Gasteiger partial charge in [0.25, 0.3) is 5.69 Å². The number of hydrogen-bond donors (Lipinski definition) is 0. The maximum absolute atomic E-state index is 10.6. The molecular formula is C13H10Cl2N4O2S. The monoisotopic (exact) mass is 356 g/mol. The smallest absolute Gasteiger partial charge is 0.258 e. The van der Waals surface area contributed by atoms with Crippen LogP contribution in [-0.2, 0) is 0 Å². The fourth-order valence-corrected chi connectivity index (χ4v) is 2.34. The van der Waals surface area contributed by atoms with Gasteiger partial charge in [-0.2, -0.15) is 0 Å². The van der Waals surface area contributed by atoms with Crippen LogP contribution in [-0.4, -0.2) is 15.0 Å². The standard InChI is InChI=1S/C13H10Cl2N4O2S/c1-9-4-2-3-5-11(9)17(14)13(22)18(15)12-7-6-10(8-16-12)19(20)21/h2-8H,1H3. The highest BCUT2D eigenvalue weighted by Crippen LogP contribution is 2.26. The van der Waals surface area contributed by atoms with Crippen LogP contribution in [0.1, 0.15) is 5.56 Å². The fourth-order valence-electron chi connectivity index (χ4n) is 1.66. The third-order valence-electron chi connectivity index (χ3n) is 2.81. The number of aromatic nitrogens is 1. The van der Waals surface area contributed by atoms with Crippen molar-refractivity contribution in [2.24, 2.45) is 0 Å². The van der Waals surface area contributed by atoms with Crippen LogP contribution in [0.3, 0.4) is 0 Å². The van der Waals surface area contributed by atoms with Gasteiger partial charge < -0.3 is 0 Å². The number of nitro groups is 1. The number of para-hydroxylation sites is 1. The summed E-state index contributed by atoms with van der Waals surface area (Å²) >= 11 is 17.6. The molecular weight excluding hydrogens is 347 g/mol. The lowest BCUT2D eigenvalue weighted by molar-refractivity contribution is -0.385. The average molecular weight is 357 g/mol. The minimum atomic E-state index is -0.547. The van der Waals surface area contributed by atoms with Gasteiger partial charge in [0.15, 0.2) is 5.82 Å². The van der Waals surface area contributed by atoms with Crippen LogP contribution < -0.4 is 8.84 Å². The summed E-state index contributed by atoms with van der Waals surface area (Å²) in [6, 6.07) is 10.1. The lowest BCUT2D eigenvalue weighted by Crippen LogP contribution is -2.32. The molecule has 0 amide bonds. The number of hydrogen-bond acceptors (Lipinski definition) is 4. The summed E-state index contributed by atoms with van der Waals surface area (Å²) in [5.74, 6) is 0.233. The van der Waals surface area contributed by atoms with Crippen molar-refractivity contribution in [1.82, 2.24) is 4.98 Å². The van der Waals surface area contributed by atoms with E-state index in [1.165, 1.54) is 16.6 Å². The zero-order chi connectivity index (χ0) is 16.3. The molecule has 0 aliphatic rings. The summed E-state index contributed by atoms with van der Waals surface area (Å²) < 4.78 is 2.28. The second-order valence-electron chi connectivity index (χ2n) is 4.26. The second-order valence-corrected chi connectivity index (χ2v) is 5.30. The molecule has 2 rings (SSSR count). The molecule has 1 aromatic carbocycles. The predicted molar refractivity (Wildman–Crippen MR) is 91.3 cm³/mol. The minimum absolute atomic E-state index is 0.0824. The van der Waals surface area contributed by atoms with E-state index in [9.17, 15) is 10.1 Å². The number of halogens is 2. The highest BCUT2D eigenvalue weighted by atomic mass is 35.5. The van der Waals surface area contributed by atoms with E-state index >= 15 is 0 Å². The van der Waals surface area contributed by atoms with Gasteiger partial charge in [0.2, 0.25) is 5.11 Å². The summed E-state index contributed by atoms with van der Waals surface area (Å²) in [6.07, 6.45) is 1.10. The van der Waals surface area contributed by atoms with Crippen LogP contribution in [0.2, 0.25) is 0 Å². The summed E-state index contributed by atoms with van der Waals surface area (Å²) in [5.41, 5.74) is 1.46. The molecule has 1 heterocycles. The fraction of sp³-hybridized carbons (Fsp3) is 0.0769. The Bertz CT molecular complexity index is 711. The first-order valence-corrected chi connectivity index (χ1v) is 7.12. The van der Waals surface area contributed by atoms with Crippen molar-refractivity contribution >= 4 is 58.1 Å². The third kappa shape index (κ3) is 3.44. The second kappa shape index (κ2) is 6.87. The minimum Gasteiger partial charge on any atom is -0.258 e. The van der Waals surface area contributed by atoms with E-state index in [-0.39, 0.29) is 16.6 Å². The Morgan fingerprint density at radius 3 is 2.45 bits per heavy atom. The molecule has 0 saturated carbocycles. The summed E-state index contributed by atoms with van der Waals surface area (Å²) in [4.78, 5) is 14.0. The van der Waals surface area contributed by atoms with Crippen LogP contribution >= 0.6 is 35.8 Å². The Morgan fingerprint density at radius 2 is 1.91 bits per heavy atom. The SMILES string of the molecule is Cc1ccccc1N(Cl)C(=S)N(Cl)c1ccc([N+](=O)[O-])cn1. The van der Waals surface area contributed by atoms with Gasteiger partial charge in [-0.25, -0.2) is 13.8 Å². The summed E-state index contributed by atoms with van der Waals surface area (Å²) in [5, 5.41) is 10.7. The number of aryl methyl sites for hydroxylation is 1. The molecule has 0 unspecified atom stereocenters. The summed E-state index contributed by atoms with van der Waals surface area (Å²) in [6.45, 7) is 1.88. The number of anilines is 2. The van der Waals surface area contributed by atoms with Crippen LogP contribution in [0.25, 0.3) is 0 Å². The number of nitrogens with zero attached hydrogens (tertiary/aromatic N) is 4. The third-order valence-corrected chi connectivity index (χ3v) is 4.05. The number of pyridine rings is 1. The number of benzene rings is 1. The zero-order valence-electron chi connectivity index (χ0n) is 11.3. The molecule has 0 saturated heterocycles. The van der Waals surface area contributed by atoms with Crippen molar-refractivity contribution < 1.29 is 4.92 Å². The van der Waals surface area contributed by atoms with Crippen LogP contribution in [0.15, 0.2) is 42.6 Å². The first-order valence-electron chi connectivity index (χ1n) is 6.03. The molecule has 1 aromatic heterocycles. The molecule has 0 aliphatic carbocycles. The molecule has 0 atom stereocenters. The normalized spacial score (nSPS) is 10.1. The first kappa shape index (κ1) is 16.4. The van der Waals surface area contributed by atoms with Crippen molar-refractivity contribution in [3.8, 4) is 0 Å². The zero-order valence-corrected chi connectivity index (χ0v) is 13.6. The molecule has 114 valence electrons. The lowest BCUT2D eigenvalue weighted by Gasteiger charge is -2.23. The van der Waals surface area contributed by atoms with Crippen LogP contribution in [0.5, 0.6) is 0 Å². The van der Waals surface area contributed by atoms with E-state index in [2.05, 4.69) is 4.98 Å². The highest BCUT2D eigenvalue weighted by Gasteiger charge is 2.20.